The second-order valence-corrected chi connectivity index (χ2v) is 5.89. The van der Waals surface area contributed by atoms with Crippen molar-refractivity contribution in [1.29, 1.82) is 0 Å². The van der Waals surface area contributed by atoms with Crippen LogP contribution in [0.1, 0.15) is 25.0 Å². The SMILES string of the molecule is CSCCCCCNc1ncnc2snc(C)c12. The van der Waals surface area contributed by atoms with Crippen molar-refractivity contribution in [2.75, 3.05) is 23.9 Å². The van der Waals surface area contributed by atoms with Crippen LogP contribution in [-0.4, -0.2) is 32.9 Å². The van der Waals surface area contributed by atoms with E-state index in [1.807, 2.05) is 18.7 Å². The molecular weight excluding hydrogens is 264 g/mol. The summed E-state index contributed by atoms with van der Waals surface area (Å²) in [5, 5.41) is 4.48. The number of aromatic nitrogens is 3. The summed E-state index contributed by atoms with van der Waals surface area (Å²) in [4.78, 5) is 9.51. The molecule has 0 aromatic carbocycles. The number of nitrogens with one attached hydrogen (secondary N) is 1. The van der Waals surface area contributed by atoms with E-state index in [0.29, 0.717) is 0 Å². The molecule has 0 saturated heterocycles. The van der Waals surface area contributed by atoms with Crippen molar-refractivity contribution in [3.63, 3.8) is 0 Å². The van der Waals surface area contributed by atoms with E-state index in [9.17, 15) is 0 Å². The van der Waals surface area contributed by atoms with E-state index in [2.05, 4.69) is 25.9 Å². The van der Waals surface area contributed by atoms with Gasteiger partial charge < -0.3 is 5.32 Å². The summed E-state index contributed by atoms with van der Waals surface area (Å²) in [6.45, 7) is 2.97. The van der Waals surface area contributed by atoms with E-state index in [1.165, 1.54) is 36.5 Å². The molecule has 0 aliphatic rings. The monoisotopic (exact) mass is 282 g/mol. The molecule has 0 fully saturated rings. The molecule has 2 aromatic heterocycles. The zero-order chi connectivity index (χ0) is 12.8. The van der Waals surface area contributed by atoms with Crippen LogP contribution in [0, 0.1) is 6.92 Å². The molecule has 18 heavy (non-hydrogen) atoms. The number of aryl methyl sites for hydroxylation is 1. The minimum Gasteiger partial charge on any atom is -0.369 e. The van der Waals surface area contributed by atoms with Crippen molar-refractivity contribution in [1.82, 2.24) is 14.3 Å². The van der Waals surface area contributed by atoms with E-state index in [1.54, 1.807) is 6.33 Å². The minimum absolute atomic E-state index is 0.927. The van der Waals surface area contributed by atoms with Crippen molar-refractivity contribution in [2.45, 2.75) is 26.2 Å². The maximum absolute atomic E-state index is 4.32. The maximum Gasteiger partial charge on any atom is 0.149 e. The van der Waals surface area contributed by atoms with Gasteiger partial charge in [0.25, 0.3) is 0 Å². The number of unbranched alkanes of at least 4 members (excludes halogenated alkanes) is 2. The lowest BCUT2D eigenvalue weighted by molar-refractivity contribution is 0.748. The lowest BCUT2D eigenvalue weighted by Crippen LogP contribution is -2.04. The number of fused-ring (bicyclic) bond motifs is 1. The van der Waals surface area contributed by atoms with Gasteiger partial charge in [-0.15, -0.1) is 0 Å². The Balaban J connectivity index is 1.89. The smallest absolute Gasteiger partial charge is 0.149 e. The molecule has 0 atom stereocenters. The standard InChI is InChI=1S/C12H18N4S2/c1-9-10-11(13-6-4-3-5-7-17-2)14-8-15-12(10)18-16-9/h8H,3-7H2,1-2H3,(H,13,14,15). The molecule has 1 N–H and O–H groups in total. The first-order valence-corrected chi connectivity index (χ1v) is 8.29. The van der Waals surface area contributed by atoms with Gasteiger partial charge in [-0.3, -0.25) is 0 Å². The van der Waals surface area contributed by atoms with Gasteiger partial charge in [-0.2, -0.15) is 16.1 Å². The summed E-state index contributed by atoms with van der Waals surface area (Å²) in [6, 6.07) is 0. The van der Waals surface area contributed by atoms with Crippen LogP contribution in [-0.2, 0) is 0 Å². The van der Waals surface area contributed by atoms with Crippen molar-refractivity contribution in [3.05, 3.63) is 12.0 Å². The fourth-order valence-electron chi connectivity index (χ4n) is 1.81. The Bertz CT molecular complexity index is 498. The Hall–Kier alpha value is -0.880. The first kappa shape index (κ1) is 13.5. The van der Waals surface area contributed by atoms with E-state index >= 15 is 0 Å². The number of anilines is 1. The summed E-state index contributed by atoms with van der Waals surface area (Å²) in [7, 11) is 0. The average Bonchev–Trinajstić information content (AvgIpc) is 2.76. The number of nitrogens with zero attached hydrogens (tertiary/aromatic N) is 3. The third kappa shape index (κ3) is 3.32. The highest BCUT2D eigenvalue weighted by Gasteiger charge is 2.09. The fraction of sp³-hybridized carbons (Fsp3) is 0.583. The first-order valence-electron chi connectivity index (χ1n) is 6.12. The normalized spacial score (nSPS) is 11.0. The molecule has 0 amide bonds. The van der Waals surface area contributed by atoms with Crippen LogP contribution < -0.4 is 5.32 Å². The predicted octanol–water partition coefficient (Wildman–Crippen LogP) is 3.34. The van der Waals surface area contributed by atoms with Crippen LogP contribution in [0.5, 0.6) is 0 Å². The molecule has 0 aliphatic heterocycles. The Kier molecular flexibility index (Phi) is 5.19. The van der Waals surface area contributed by atoms with Crippen molar-refractivity contribution in [3.8, 4) is 0 Å². The summed E-state index contributed by atoms with van der Waals surface area (Å²) >= 11 is 3.35. The maximum atomic E-state index is 4.32. The summed E-state index contributed by atoms with van der Waals surface area (Å²) in [5.74, 6) is 2.18. The van der Waals surface area contributed by atoms with Gasteiger partial charge in [-0.25, -0.2) is 9.97 Å². The number of rotatable bonds is 7. The molecular formula is C12H18N4S2. The molecule has 0 aliphatic carbocycles. The van der Waals surface area contributed by atoms with E-state index in [0.717, 1.165) is 28.3 Å². The Morgan fingerprint density at radius 2 is 2.17 bits per heavy atom. The molecule has 0 radical (unpaired) electrons. The molecule has 4 nitrogen and oxygen atoms in total. The zero-order valence-electron chi connectivity index (χ0n) is 10.8. The van der Waals surface area contributed by atoms with Gasteiger partial charge in [-0.05, 0) is 43.3 Å². The summed E-state index contributed by atoms with van der Waals surface area (Å²) in [5.41, 5.74) is 1.01. The molecule has 6 heteroatoms. The Labute approximate surface area is 116 Å². The van der Waals surface area contributed by atoms with E-state index < -0.39 is 0 Å². The molecule has 2 rings (SSSR count). The molecule has 0 saturated carbocycles. The highest BCUT2D eigenvalue weighted by Crippen LogP contribution is 2.25. The van der Waals surface area contributed by atoms with Crippen LogP contribution in [0.4, 0.5) is 5.82 Å². The third-order valence-corrected chi connectivity index (χ3v) is 4.31. The van der Waals surface area contributed by atoms with Gasteiger partial charge in [0.1, 0.15) is 17.0 Å². The largest absolute Gasteiger partial charge is 0.369 e. The van der Waals surface area contributed by atoms with E-state index in [-0.39, 0.29) is 0 Å². The van der Waals surface area contributed by atoms with Crippen LogP contribution in [0.25, 0.3) is 10.2 Å². The van der Waals surface area contributed by atoms with Gasteiger partial charge in [0.2, 0.25) is 0 Å². The number of thioether (sulfide) groups is 1. The molecule has 0 bridgehead atoms. The fourth-order valence-corrected chi connectivity index (χ4v) is 3.05. The topological polar surface area (TPSA) is 50.7 Å². The Morgan fingerprint density at radius 3 is 3.00 bits per heavy atom. The highest BCUT2D eigenvalue weighted by molar-refractivity contribution is 7.98. The summed E-state index contributed by atoms with van der Waals surface area (Å²) in [6.07, 6.45) is 7.50. The second-order valence-electron chi connectivity index (χ2n) is 4.15. The highest BCUT2D eigenvalue weighted by atomic mass is 32.2. The van der Waals surface area contributed by atoms with Crippen molar-refractivity contribution >= 4 is 39.3 Å². The lowest BCUT2D eigenvalue weighted by atomic mass is 10.2. The van der Waals surface area contributed by atoms with Crippen LogP contribution in [0.3, 0.4) is 0 Å². The van der Waals surface area contributed by atoms with Crippen molar-refractivity contribution in [2.24, 2.45) is 0 Å². The molecule has 2 aromatic rings. The molecule has 2 heterocycles. The number of hydrogen-bond acceptors (Lipinski definition) is 6. The van der Waals surface area contributed by atoms with Gasteiger partial charge in [0.15, 0.2) is 0 Å². The predicted molar refractivity (Wildman–Crippen MR) is 80.7 cm³/mol. The van der Waals surface area contributed by atoms with E-state index in [4.69, 9.17) is 0 Å². The van der Waals surface area contributed by atoms with Crippen LogP contribution >= 0.6 is 23.3 Å². The van der Waals surface area contributed by atoms with Gasteiger partial charge in [-0.1, -0.05) is 6.42 Å². The quantitative estimate of drug-likeness (QED) is 0.789. The summed E-state index contributed by atoms with van der Waals surface area (Å²) < 4.78 is 4.32. The van der Waals surface area contributed by atoms with Crippen LogP contribution in [0.2, 0.25) is 0 Å². The second kappa shape index (κ2) is 6.89. The van der Waals surface area contributed by atoms with Gasteiger partial charge >= 0.3 is 0 Å². The van der Waals surface area contributed by atoms with Crippen LogP contribution in [0.15, 0.2) is 6.33 Å². The minimum atomic E-state index is 0.927. The van der Waals surface area contributed by atoms with Gasteiger partial charge in [0, 0.05) is 6.54 Å². The van der Waals surface area contributed by atoms with Gasteiger partial charge in [0.05, 0.1) is 11.1 Å². The Morgan fingerprint density at radius 1 is 1.28 bits per heavy atom. The third-order valence-electron chi connectivity index (χ3n) is 2.76. The lowest BCUT2D eigenvalue weighted by Gasteiger charge is -2.06. The molecule has 0 spiro atoms. The molecule has 0 unspecified atom stereocenters. The average molecular weight is 282 g/mol. The van der Waals surface area contributed by atoms with Crippen molar-refractivity contribution < 1.29 is 0 Å². The first-order chi connectivity index (χ1) is 8.83. The zero-order valence-corrected chi connectivity index (χ0v) is 12.4. The number of hydrogen-bond donors (Lipinski definition) is 1. The molecule has 98 valence electrons.